The number of aryl methyl sites for hydroxylation is 1. The molecule has 2 aromatic heterocycles. The third-order valence-electron chi connectivity index (χ3n) is 3.02. The number of ketones is 1. The van der Waals surface area contributed by atoms with Crippen LogP contribution in [0.1, 0.15) is 15.9 Å². The summed E-state index contributed by atoms with van der Waals surface area (Å²) in [6.45, 7) is 1.99. The normalized spacial score (nSPS) is 10.6. The molecule has 0 aliphatic rings. The predicted octanol–water partition coefficient (Wildman–Crippen LogP) is 3.42. The van der Waals surface area contributed by atoms with Gasteiger partial charge in [0.15, 0.2) is 5.78 Å². The van der Waals surface area contributed by atoms with Gasteiger partial charge in [0.1, 0.15) is 0 Å². The van der Waals surface area contributed by atoms with Crippen LogP contribution in [0.3, 0.4) is 0 Å². The zero-order valence-corrected chi connectivity index (χ0v) is 12.7. The van der Waals surface area contributed by atoms with E-state index in [0.717, 1.165) is 11.1 Å². The highest BCUT2D eigenvalue weighted by molar-refractivity contribution is 7.99. The lowest BCUT2D eigenvalue weighted by molar-refractivity contribution is 0.102. The maximum atomic E-state index is 12.1. The fourth-order valence-corrected chi connectivity index (χ4v) is 2.48. The number of aromatic nitrogens is 3. The average Bonchev–Trinajstić information content (AvgIpc) is 3.03. The Morgan fingerprint density at radius 1 is 1.18 bits per heavy atom. The fraction of sp³-hybridized carbons (Fsp3) is 0.125. The number of benzene rings is 1. The van der Waals surface area contributed by atoms with Crippen molar-refractivity contribution in [3.63, 3.8) is 0 Å². The average molecular weight is 311 g/mol. The van der Waals surface area contributed by atoms with Gasteiger partial charge >= 0.3 is 0 Å². The van der Waals surface area contributed by atoms with E-state index in [9.17, 15) is 4.79 Å². The largest absolute Gasteiger partial charge is 0.411 e. The summed E-state index contributed by atoms with van der Waals surface area (Å²) in [6.07, 6.45) is 3.33. The van der Waals surface area contributed by atoms with Gasteiger partial charge in [-0.1, -0.05) is 41.6 Å². The van der Waals surface area contributed by atoms with Gasteiger partial charge in [-0.05, 0) is 19.1 Å². The van der Waals surface area contributed by atoms with Gasteiger partial charge in [0, 0.05) is 18.0 Å². The van der Waals surface area contributed by atoms with Crippen molar-refractivity contribution in [1.29, 1.82) is 0 Å². The van der Waals surface area contributed by atoms with Crippen molar-refractivity contribution in [2.75, 3.05) is 5.75 Å². The van der Waals surface area contributed by atoms with Crippen LogP contribution >= 0.6 is 11.8 Å². The summed E-state index contributed by atoms with van der Waals surface area (Å²) in [5.74, 6) is 0.696. The van der Waals surface area contributed by atoms with E-state index in [4.69, 9.17) is 4.42 Å². The first-order valence-corrected chi connectivity index (χ1v) is 7.67. The van der Waals surface area contributed by atoms with Crippen LogP contribution in [0.5, 0.6) is 0 Å². The SMILES string of the molecule is Cc1ccc(C(=O)CSc2nnc(-c3cccnc3)o2)cc1. The molecule has 0 radical (unpaired) electrons. The minimum atomic E-state index is 0.0335. The van der Waals surface area contributed by atoms with Crippen molar-refractivity contribution < 1.29 is 9.21 Å². The molecule has 0 saturated heterocycles. The van der Waals surface area contributed by atoms with Gasteiger partial charge in [-0.2, -0.15) is 0 Å². The molecule has 0 aliphatic heterocycles. The van der Waals surface area contributed by atoms with Crippen LogP contribution in [0.15, 0.2) is 58.4 Å². The molecule has 0 unspecified atom stereocenters. The summed E-state index contributed by atoms with van der Waals surface area (Å²) in [5, 5.41) is 8.27. The minimum absolute atomic E-state index is 0.0335. The van der Waals surface area contributed by atoms with Crippen LogP contribution in [0.2, 0.25) is 0 Å². The quantitative estimate of drug-likeness (QED) is 0.531. The van der Waals surface area contributed by atoms with Crippen molar-refractivity contribution in [2.45, 2.75) is 12.1 Å². The van der Waals surface area contributed by atoms with Gasteiger partial charge in [0.05, 0.1) is 11.3 Å². The monoisotopic (exact) mass is 311 g/mol. The number of nitrogens with zero attached hydrogens (tertiary/aromatic N) is 3. The third kappa shape index (κ3) is 3.40. The number of carbonyl (C=O) groups is 1. The van der Waals surface area contributed by atoms with E-state index >= 15 is 0 Å². The maximum Gasteiger partial charge on any atom is 0.277 e. The lowest BCUT2D eigenvalue weighted by Crippen LogP contribution is -2.02. The van der Waals surface area contributed by atoms with Gasteiger partial charge in [0.25, 0.3) is 5.22 Å². The van der Waals surface area contributed by atoms with Crippen molar-refractivity contribution in [2.24, 2.45) is 0 Å². The molecule has 0 aliphatic carbocycles. The number of pyridine rings is 1. The van der Waals surface area contributed by atoms with Crippen molar-refractivity contribution in [1.82, 2.24) is 15.2 Å². The molecule has 0 bridgehead atoms. The first-order valence-electron chi connectivity index (χ1n) is 6.69. The van der Waals surface area contributed by atoms with Crippen LogP contribution in [-0.4, -0.2) is 26.7 Å². The molecule has 110 valence electrons. The Hall–Kier alpha value is -2.47. The maximum absolute atomic E-state index is 12.1. The smallest absolute Gasteiger partial charge is 0.277 e. The van der Waals surface area contributed by atoms with E-state index in [1.807, 2.05) is 37.3 Å². The van der Waals surface area contributed by atoms with Crippen molar-refractivity contribution in [3.8, 4) is 11.5 Å². The molecule has 2 heterocycles. The summed E-state index contributed by atoms with van der Waals surface area (Å²) in [6, 6.07) is 11.1. The molecule has 3 rings (SSSR count). The molecule has 5 nitrogen and oxygen atoms in total. The highest BCUT2D eigenvalue weighted by Gasteiger charge is 2.12. The Labute approximate surface area is 131 Å². The number of carbonyl (C=O) groups excluding carboxylic acids is 1. The standard InChI is InChI=1S/C16H13N3O2S/c1-11-4-6-12(7-5-11)14(20)10-22-16-19-18-15(21-16)13-3-2-8-17-9-13/h2-9H,10H2,1H3. The lowest BCUT2D eigenvalue weighted by atomic mass is 10.1. The van der Waals surface area contributed by atoms with E-state index < -0.39 is 0 Å². The second-order valence-corrected chi connectivity index (χ2v) is 5.62. The minimum Gasteiger partial charge on any atom is -0.411 e. The van der Waals surface area contributed by atoms with E-state index in [0.29, 0.717) is 16.7 Å². The molecule has 0 saturated carbocycles. The molecule has 6 heteroatoms. The summed E-state index contributed by atoms with van der Waals surface area (Å²) in [4.78, 5) is 16.1. The van der Waals surface area contributed by atoms with E-state index in [1.165, 1.54) is 11.8 Å². The van der Waals surface area contributed by atoms with Crippen LogP contribution in [0.25, 0.3) is 11.5 Å². The molecule has 0 atom stereocenters. The Morgan fingerprint density at radius 3 is 2.73 bits per heavy atom. The number of Topliss-reactive ketones (excluding diaryl/α,β-unsaturated/α-hetero) is 1. The summed E-state index contributed by atoms with van der Waals surface area (Å²) < 4.78 is 5.52. The van der Waals surface area contributed by atoms with Crippen molar-refractivity contribution >= 4 is 17.5 Å². The number of thioether (sulfide) groups is 1. The van der Waals surface area contributed by atoms with Crippen molar-refractivity contribution in [3.05, 3.63) is 59.9 Å². The Bertz CT molecular complexity index is 770. The summed E-state index contributed by atoms with van der Waals surface area (Å²) in [5.41, 5.74) is 2.57. The number of hydrogen-bond donors (Lipinski definition) is 0. The third-order valence-corrected chi connectivity index (χ3v) is 3.83. The molecule has 1 aromatic carbocycles. The summed E-state index contributed by atoms with van der Waals surface area (Å²) in [7, 11) is 0. The summed E-state index contributed by atoms with van der Waals surface area (Å²) >= 11 is 1.23. The predicted molar refractivity (Wildman–Crippen MR) is 83.8 cm³/mol. The Kier molecular flexibility index (Phi) is 4.29. The second-order valence-electron chi connectivity index (χ2n) is 4.69. The van der Waals surface area contributed by atoms with Gasteiger partial charge < -0.3 is 4.42 Å². The lowest BCUT2D eigenvalue weighted by Gasteiger charge is -1.99. The number of hydrogen-bond acceptors (Lipinski definition) is 6. The van der Waals surface area contributed by atoms with E-state index in [1.54, 1.807) is 18.5 Å². The second kappa shape index (κ2) is 6.53. The van der Waals surface area contributed by atoms with E-state index in [-0.39, 0.29) is 11.5 Å². The molecular formula is C16H13N3O2S. The molecule has 22 heavy (non-hydrogen) atoms. The highest BCUT2D eigenvalue weighted by Crippen LogP contribution is 2.23. The first kappa shape index (κ1) is 14.5. The zero-order valence-electron chi connectivity index (χ0n) is 11.9. The zero-order chi connectivity index (χ0) is 15.4. The fourth-order valence-electron chi connectivity index (χ4n) is 1.82. The highest BCUT2D eigenvalue weighted by atomic mass is 32.2. The van der Waals surface area contributed by atoms with Crippen LogP contribution in [-0.2, 0) is 0 Å². The van der Waals surface area contributed by atoms with Crippen LogP contribution in [0.4, 0.5) is 0 Å². The molecule has 3 aromatic rings. The molecule has 0 N–H and O–H groups in total. The van der Waals surface area contributed by atoms with Gasteiger partial charge in [-0.15, -0.1) is 10.2 Å². The molecule has 0 spiro atoms. The van der Waals surface area contributed by atoms with E-state index in [2.05, 4.69) is 15.2 Å². The van der Waals surface area contributed by atoms with Gasteiger partial charge in [-0.25, -0.2) is 0 Å². The molecule has 0 amide bonds. The topological polar surface area (TPSA) is 68.9 Å². The van der Waals surface area contributed by atoms with Gasteiger partial charge in [0.2, 0.25) is 5.89 Å². The van der Waals surface area contributed by atoms with Crippen LogP contribution in [0, 0.1) is 6.92 Å². The van der Waals surface area contributed by atoms with Gasteiger partial charge in [-0.3, -0.25) is 9.78 Å². The Morgan fingerprint density at radius 2 is 2.00 bits per heavy atom. The molecule has 0 fully saturated rings. The Balaban J connectivity index is 1.64. The molecular weight excluding hydrogens is 298 g/mol. The van der Waals surface area contributed by atoms with Crippen LogP contribution < -0.4 is 0 Å². The first-order chi connectivity index (χ1) is 10.7. The number of rotatable bonds is 5.